The van der Waals surface area contributed by atoms with Gasteiger partial charge in [0.15, 0.2) is 5.69 Å². The minimum atomic E-state index is -0.657. The van der Waals surface area contributed by atoms with E-state index in [9.17, 15) is 9.59 Å². The van der Waals surface area contributed by atoms with Gasteiger partial charge >= 0.3 is 5.97 Å². The first kappa shape index (κ1) is 18.7. The zero-order valence-electron chi connectivity index (χ0n) is 14.0. The third kappa shape index (κ3) is 5.19. The summed E-state index contributed by atoms with van der Waals surface area (Å²) in [5.41, 5.74) is 0.816. The number of carbonyl (C=O) groups excluding carboxylic acids is 2. The van der Waals surface area contributed by atoms with Crippen LogP contribution in [0.4, 0.5) is 5.69 Å². The molecular weight excluding hydrogens is 344 g/mol. The fourth-order valence-electron chi connectivity index (χ4n) is 1.98. The number of nitrogens with one attached hydrogen (secondary N) is 1. The van der Waals surface area contributed by atoms with Gasteiger partial charge < -0.3 is 14.8 Å². The molecule has 0 spiro atoms. The summed E-state index contributed by atoms with van der Waals surface area (Å²) in [6.45, 7) is 2.76. The summed E-state index contributed by atoms with van der Waals surface area (Å²) in [5, 5.41) is 2.79. The van der Waals surface area contributed by atoms with E-state index in [0.717, 1.165) is 18.6 Å². The molecule has 0 atom stereocenters. The predicted octanol–water partition coefficient (Wildman–Crippen LogP) is 3.95. The number of unbranched alkanes of at least 4 members (excludes halogenated alkanes) is 1. The van der Waals surface area contributed by atoms with Crippen molar-refractivity contribution in [3.8, 4) is 5.75 Å². The Bertz CT molecular complexity index is 747. The van der Waals surface area contributed by atoms with Crippen LogP contribution in [0.15, 0.2) is 36.5 Å². The SMILES string of the molecule is CCCCOc1ccc(NC(=O)c2cnc(C(=O)OC)c(Cl)c2)cc1. The van der Waals surface area contributed by atoms with Gasteiger partial charge in [0.1, 0.15) is 5.75 Å². The molecule has 0 saturated heterocycles. The molecule has 7 heteroatoms. The highest BCUT2D eigenvalue weighted by molar-refractivity contribution is 6.33. The molecule has 0 bridgehead atoms. The normalized spacial score (nSPS) is 10.2. The number of pyridine rings is 1. The first-order valence-electron chi connectivity index (χ1n) is 7.83. The van der Waals surface area contributed by atoms with Crippen LogP contribution in [-0.2, 0) is 4.74 Å². The van der Waals surface area contributed by atoms with E-state index in [2.05, 4.69) is 22.0 Å². The highest BCUT2D eigenvalue weighted by Gasteiger charge is 2.15. The lowest BCUT2D eigenvalue weighted by Crippen LogP contribution is -2.14. The van der Waals surface area contributed by atoms with Crippen LogP contribution in [-0.4, -0.2) is 30.6 Å². The Labute approximate surface area is 151 Å². The third-order valence-electron chi connectivity index (χ3n) is 3.36. The maximum absolute atomic E-state index is 12.3. The number of halogens is 1. The van der Waals surface area contributed by atoms with Gasteiger partial charge in [0, 0.05) is 11.9 Å². The minimum Gasteiger partial charge on any atom is -0.494 e. The maximum Gasteiger partial charge on any atom is 0.358 e. The van der Waals surface area contributed by atoms with Crippen molar-refractivity contribution in [2.24, 2.45) is 0 Å². The average Bonchev–Trinajstić information content (AvgIpc) is 2.62. The van der Waals surface area contributed by atoms with Gasteiger partial charge in [-0.05, 0) is 36.8 Å². The molecule has 1 heterocycles. The molecule has 1 N–H and O–H groups in total. The minimum absolute atomic E-state index is 0.0331. The highest BCUT2D eigenvalue weighted by Crippen LogP contribution is 2.19. The summed E-state index contributed by atoms with van der Waals surface area (Å²) in [4.78, 5) is 27.6. The van der Waals surface area contributed by atoms with E-state index in [1.54, 1.807) is 24.3 Å². The van der Waals surface area contributed by atoms with Crippen molar-refractivity contribution in [2.75, 3.05) is 19.0 Å². The molecule has 0 aliphatic carbocycles. The number of amides is 1. The third-order valence-corrected chi connectivity index (χ3v) is 3.65. The van der Waals surface area contributed by atoms with Crippen LogP contribution in [0.1, 0.15) is 40.6 Å². The Balaban J connectivity index is 2.02. The van der Waals surface area contributed by atoms with Crippen molar-refractivity contribution < 1.29 is 19.1 Å². The molecule has 132 valence electrons. The number of carbonyl (C=O) groups is 2. The first-order chi connectivity index (χ1) is 12.0. The molecule has 1 aromatic heterocycles. The summed E-state index contributed by atoms with van der Waals surface area (Å²) >= 11 is 5.97. The number of methoxy groups -OCH3 is 1. The van der Waals surface area contributed by atoms with Crippen LogP contribution >= 0.6 is 11.6 Å². The van der Waals surface area contributed by atoms with Crippen molar-refractivity contribution in [2.45, 2.75) is 19.8 Å². The smallest absolute Gasteiger partial charge is 0.358 e. The van der Waals surface area contributed by atoms with E-state index in [0.29, 0.717) is 12.3 Å². The molecule has 6 nitrogen and oxygen atoms in total. The molecular formula is C18H19ClN2O4. The van der Waals surface area contributed by atoms with E-state index >= 15 is 0 Å². The summed E-state index contributed by atoms with van der Waals surface area (Å²) in [5.74, 6) is -0.292. The van der Waals surface area contributed by atoms with Crippen molar-refractivity contribution in [3.63, 3.8) is 0 Å². The molecule has 0 aliphatic heterocycles. The van der Waals surface area contributed by atoms with Crippen molar-refractivity contribution >= 4 is 29.2 Å². The van der Waals surface area contributed by atoms with E-state index in [1.165, 1.54) is 19.4 Å². The predicted molar refractivity (Wildman–Crippen MR) is 95.4 cm³/mol. The second-order valence-electron chi connectivity index (χ2n) is 5.23. The van der Waals surface area contributed by atoms with Crippen molar-refractivity contribution in [1.29, 1.82) is 0 Å². The Hall–Kier alpha value is -2.60. The summed E-state index contributed by atoms with van der Waals surface area (Å²) < 4.78 is 10.1. The van der Waals surface area contributed by atoms with Gasteiger partial charge in [-0.1, -0.05) is 24.9 Å². The van der Waals surface area contributed by atoms with Crippen molar-refractivity contribution in [1.82, 2.24) is 4.98 Å². The average molecular weight is 363 g/mol. The number of rotatable bonds is 7. The molecule has 0 fully saturated rings. The van der Waals surface area contributed by atoms with Gasteiger partial charge in [-0.15, -0.1) is 0 Å². The van der Waals surface area contributed by atoms with E-state index in [4.69, 9.17) is 16.3 Å². The van der Waals surface area contributed by atoms with E-state index < -0.39 is 5.97 Å². The van der Waals surface area contributed by atoms with Gasteiger partial charge in [0.25, 0.3) is 5.91 Å². The van der Waals surface area contributed by atoms with E-state index in [-0.39, 0.29) is 22.2 Å². The van der Waals surface area contributed by atoms with Gasteiger partial charge in [0.2, 0.25) is 0 Å². The fraction of sp³-hybridized carbons (Fsp3) is 0.278. The number of hydrogen-bond acceptors (Lipinski definition) is 5. The van der Waals surface area contributed by atoms with Crippen LogP contribution < -0.4 is 10.1 Å². The number of anilines is 1. The lowest BCUT2D eigenvalue weighted by molar-refractivity contribution is 0.0594. The van der Waals surface area contributed by atoms with Crippen LogP contribution in [0, 0.1) is 0 Å². The molecule has 25 heavy (non-hydrogen) atoms. The molecule has 1 amide bonds. The quantitative estimate of drug-likeness (QED) is 0.596. The zero-order valence-corrected chi connectivity index (χ0v) is 14.8. The molecule has 0 radical (unpaired) electrons. The second-order valence-corrected chi connectivity index (χ2v) is 5.63. The van der Waals surface area contributed by atoms with Gasteiger partial charge in [-0.3, -0.25) is 4.79 Å². The van der Waals surface area contributed by atoms with Crippen molar-refractivity contribution in [3.05, 3.63) is 52.8 Å². The second kappa shape index (κ2) is 9.03. The van der Waals surface area contributed by atoms with E-state index in [1.807, 2.05) is 0 Å². The standard InChI is InChI=1S/C18H19ClN2O4/c1-3-4-9-25-14-7-5-13(6-8-14)21-17(22)12-10-15(19)16(20-11-12)18(23)24-2/h5-8,10-11H,3-4,9H2,1-2H3,(H,21,22). The Morgan fingerprint density at radius 2 is 1.96 bits per heavy atom. The molecule has 0 aliphatic rings. The number of nitrogens with zero attached hydrogens (tertiary/aromatic N) is 1. The number of benzene rings is 1. The maximum atomic E-state index is 12.3. The zero-order chi connectivity index (χ0) is 18.2. The lowest BCUT2D eigenvalue weighted by atomic mass is 10.2. The molecule has 1 aromatic carbocycles. The number of esters is 1. The molecule has 0 unspecified atom stereocenters. The summed E-state index contributed by atoms with van der Waals surface area (Å²) in [7, 11) is 1.23. The van der Waals surface area contributed by atoms with Crippen LogP contribution in [0.3, 0.4) is 0 Å². The van der Waals surface area contributed by atoms with Gasteiger partial charge in [-0.25, -0.2) is 9.78 Å². The van der Waals surface area contributed by atoms with Crippen LogP contribution in [0.5, 0.6) is 5.75 Å². The monoisotopic (exact) mass is 362 g/mol. The Kier molecular flexibility index (Phi) is 6.77. The van der Waals surface area contributed by atoms with Gasteiger partial charge in [0.05, 0.1) is 24.3 Å². The number of ether oxygens (including phenoxy) is 2. The highest BCUT2D eigenvalue weighted by atomic mass is 35.5. The Morgan fingerprint density at radius 1 is 1.24 bits per heavy atom. The molecule has 2 rings (SSSR count). The first-order valence-corrected chi connectivity index (χ1v) is 8.21. The number of aromatic nitrogens is 1. The topological polar surface area (TPSA) is 77.5 Å². The lowest BCUT2D eigenvalue weighted by Gasteiger charge is -2.09. The Morgan fingerprint density at radius 3 is 2.56 bits per heavy atom. The summed E-state index contributed by atoms with van der Waals surface area (Å²) in [6, 6.07) is 8.44. The summed E-state index contributed by atoms with van der Waals surface area (Å²) in [6.07, 6.45) is 3.34. The van der Waals surface area contributed by atoms with Crippen LogP contribution in [0.2, 0.25) is 5.02 Å². The number of hydrogen-bond donors (Lipinski definition) is 1. The molecule has 2 aromatic rings. The molecule has 0 saturated carbocycles. The fourth-order valence-corrected chi connectivity index (χ4v) is 2.22. The van der Waals surface area contributed by atoms with Crippen LogP contribution in [0.25, 0.3) is 0 Å². The van der Waals surface area contributed by atoms with Gasteiger partial charge in [-0.2, -0.15) is 0 Å². The largest absolute Gasteiger partial charge is 0.494 e.